The highest BCUT2D eigenvalue weighted by atomic mass is 35.5. The van der Waals surface area contributed by atoms with Crippen LogP contribution in [-0.4, -0.2) is 28.8 Å². The van der Waals surface area contributed by atoms with E-state index in [0.29, 0.717) is 40.4 Å². The van der Waals surface area contributed by atoms with E-state index in [1.165, 1.54) is 17.8 Å². The number of likely N-dealkylation sites (tertiary alicyclic amines) is 1. The van der Waals surface area contributed by atoms with E-state index < -0.39 is 4.92 Å². The number of halogens is 1. The number of carbonyl (C=O) groups excluding carboxylic acids is 1. The molecule has 2 aromatic rings. The molecular formula is C20H21ClN2O3S. The molecule has 1 aliphatic rings. The Balaban J connectivity index is 1.87. The predicted octanol–water partition coefficient (Wildman–Crippen LogP) is 5.52. The highest BCUT2D eigenvalue weighted by molar-refractivity contribution is 7.99. The van der Waals surface area contributed by atoms with Crippen LogP contribution in [0.3, 0.4) is 0 Å². The fraction of sp³-hybridized carbons (Fsp3) is 0.350. The number of benzene rings is 2. The molecule has 0 unspecified atom stereocenters. The summed E-state index contributed by atoms with van der Waals surface area (Å²) in [6.45, 7) is 5.64. The Kier molecular flexibility index (Phi) is 6.07. The SMILES string of the molecule is C[C@H]1C[C@H](C)CN(C(=O)c2ccc(Sc3cccc(Cl)c3)c([N+](=O)[O-])c2)C1. The average molecular weight is 405 g/mol. The van der Waals surface area contributed by atoms with Gasteiger partial charge in [0.15, 0.2) is 0 Å². The van der Waals surface area contributed by atoms with Crippen molar-refractivity contribution in [3.8, 4) is 0 Å². The van der Waals surface area contributed by atoms with E-state index >= 15 is 0 Å². The summed E-state index contributed by atoms with van der Waals surface area (Å²) in [5.41, 5.74) is 0.294. The molecule has 0 aromatic heterocycles. The first-order chi connectivity index (χ1) is 12.8. The van der Waals surface area contributed by atoms with Gasteiger partial charge in [0, 0.05) is 34.6 Å². The zero-order valence-electron chi connectivity index (χ0n) is 15.2. The van der Waals surface area contributed by atoms with Crippen molar-refractivity contribution in [2.24, 2.45) is 11.8 Å². The number of amides is 1. The monoisotopic (exact) mass is 404 g/mol. The summed E-state index contributed by atoms with van der Waals surface area (Å²) in [6, 6.07) is 11.9. The fourth-order valence-corrected chi connectivity index (χ4v) is 4.76. The first kappa shape index (κ1) is 19.7. The second kappa shape index (κ2) is 8.31. The molecule has 1 fully saturated rings. The van der Waals surface area contributed by atoms with E-state index in [-0.39, 0.29) is 11.6 Å². The Labute approximate surface area is 167 Å². The Morgan fingerprint density at radius 1 is 1.19 bits per heavy atom. The van der Waals surface area contributed by atoms with Gasteiger partial charge in [-0.05, 0) is 48.6 Å². The average Bonchev–Trinajstić information content (AvgIpc) is 2.60. The minimum absolute atomic E-state index is 0.0658. The highest BCUT2D eigenvalue weighted by Crippen LogP contribution is 2.36. The number of nitro benzene ring substituents is 1. The Morgan fingerprint density at radius 2 is 1.89 bits per heavy atom. The van der Waals surface area contributed by atoms with Crippen LogP contribution in [-0.2, 0) is 0 Å². The van der Waals surface area contributed by atoms with Gasteiger partial charge >= 0.3 is 0 Å². The largest absolute Gasteiger partial charge is 0.338 e. The number of carbonyl (C=O) groups is 1. The first-order valence-electron chi connectivity index (χ1n) is 8.84. The quantitative estimate of drug-likeness (QED) is 0.497. The van der Waals surface area contributed by atoms with Crippen LogP contribution in [0.1, 0.15) is 30.6 Å². The van der Waals surface area contributed by atoms with Crippen LogP contribution in [0.2, 0.25) is 5.02 Å². The fourth-order valence-electron chi connectivity index (χ4n) is 3.55. The van der Waals surface area contributed by atoms with Gasteiger partial charge in [0.05, 0.1) is 9.82 Å². The molecule has 1 saturated heterocycles. The van der Waals surface area contributed by atoms with Crippen LogP contribution in [0.25, 0.3) is 0 Å². The standard InChI is InChI=1S/C20H21ClN2O3S/c1-13-8-14(2)12-22(11-13)20(24)15-6-7-19(18(9-15)23(25)26)27-17-5-3-4-16(21)10-17/h3-7,9-10,13-14H,8,11-12H2,1-2H3/t13-,14-/m0/s1. The summed E-state index contributed by atoms with van der Waals surface area (Å²) in [5.74, 6) is 0.728. The smallest absolute Gasteiger partial charge is 0.284 e. The zero-order chi connectivity index (χ0) is 19.6. The molecule has 0 saturated carbocycles. The highest BCUT2D eigenvalue weighted by Gasteiger charge is 2.27. The lowest BCUT2D eigenvalue weighted by molar-refractivity contribution is -0.387. The van der Waals surface area contributed by atoms with Crippen molar-refractivity contribution in [2.75, 3.05) is 13.1 Å². The lowest BCUT2D eigenvalue weighted by Gasteiger charge is -2.35. The number of hydrogen-bond donors (Lipinski definition) is 0. The molecule has 142 valence electrons. The normalized spacial score (nSPS) is 19.7. The molecule has 0 aliphatic carbocycles. The second-order valence-corrected chi connectivity index (χ2v) is 8.71. The van der Waals surface area contributed by atoms with Crippen molar-refractivity contribution >= 4 is 35.0 Å². The predicted molar refractivity (Wildman–Crippen MR) is 108 cm³/mol. The molecule has 0 bridgehead atoms. The second-order valence-electron chi connectivity index (χ2n) is 7.16. The molecule has 0 radical (unpaired) electrons. The first-order valence-corrected chi connectivity index (χ1v) is 10.0. The summed E-state index contributed by atoms with van der Waals surface area (Å²) in [4.78, 5) is 27.1. The molecule has 1 amide bonds. The molecule has 3 rings (SSSR count). The molecule has 7 heteroatoms. The van der Waals surface area contributed by atoms with Crippen molar-refractivity contribution in [1.82, 2.24) is 4.90 Å². The van der Waals surface area contributed by atoms with Gasteiger partial charge in [-0.15, -0.1) is 0 Å². The maximum absolute atomic E-state index is 12.9. The summed E-state index contributed by atoms with van der Waals surface area (Å²) in [6.07, 6.45) is 1.10. The maximum atomic E-state index is 12.9. The van der Waals surface area contributed by atoms with Crippen LogP contribution in [0.4, 0.5) is 5.69 Å². The van der Waals surface area contributed by atoms with Gasteiger partial charge in [0.25, 0.3) is 11.6 Å². The van der Waals surface area contributed by atoms with Crippen molar-refractivity contribution < 1.29 is 9.72 Å². The molecule has 1 heterocycles. The topological polar surface area (TPSA) is 63.5 Å². The molecule has 1 aliphatic heterocycles. The summed E-state index contributed by atoms with van der Waals surface area (Å²) >= 11 is 7.25. The van der Waals surface area contributed by atoms with Crippen molar-refractivity contribution in [2.45, 2.75) is 30.1 Å². The van der Waals surface area contributed by atoms with E-state index in [4.69, 9.17) is 11.6 Å². The van der Waals surface area contributed by atoms with Crippen LogP contribution in [0, 0.1) is 22.0 Å². The molecular weight excluding hydrogens is 384 g/mol. The zero-order valence-corrected chi connectivity index (χ0v) is 16.8. The van der Waals surface area contributed by atoms with Crippen LogP contribution < -0.4 is 0 Å². The molecule has 27 heavy (non-hydrogen) atoms. The van der Waals surface area contributed by atoms with Crippen LogP contribution >= 0.6 is 23.4 Å². The van der Waals surface area contributed by atoms with Gasteiger partial charge in [-0.25, -0.2) is 0 Å². The van der Waals surface area contributed by atoms with Gasteiger partial charge in [0.1, 0.15) is 0 Å². The lowest BCUT2D eigenvalue weighted by Crippen LogP contribution is -2.42. The Hall–Kier alpha value is -2.05. The van der Waals surface area contributed by atoms with Gasteiger partial charge in [0.2, 0.25) is 0 Å². The minimum Gasteiger partial charge on any atom is -0.338 e. The molecule has 5 nitrogen and oxygen atoms in total. The van der Waals surface area contributed by atoms with Crippen molar-refractivity contribution in [1.29, 1.82) is 0 Å². The molecule has 0 spiro atoms. The Morgan fingerprint density at radius 3 is 2.52 bits per heavy atom. The summed E-state index contributed by atoms with van der Waals surface area (Å²) in [5, 5.41) is 12.1. The van der Waals surface area contributed by atoms with Crippen molar-refractivity contribution in [3.05, 3.63) is 63.2 Å². The van der Waals surface area contributed by atoms with Gasteiger partial charge < -0.3 is 4.90 Å². The van der Waals surface area contributed by atoms with Gasteiger partial charge in [-0.3, -0.25) is 14.9 Å². The van der Waals surface area contributed by atoms with Crippen LogP contribution in [0.5, 0.6) is 0 Å². The van der Waals surface area contributed by atoms with Crippen LogP contribution in [0.15, 0.2) is 52.3 Å². The molecule has 0 N–H and O–H groups in total. The molecule has 2 atom stereocenters. The summed E-state index contributed by atoms with van der Waals surface area (Å²) in [7, 11) is 0. The summed E-state index contributed by atoms with van der Waals surface area (Å²) < 4.78 is 0. The van der Waals surface area contributed by atoms with Gasteiger partial charge in [-0.1, -0.05) is 43.3 Å². The number of rotatable bonds is 4. The number of nitrogens with zero attached hydrogens (tertiary/aromatic N) is 2. The van der Waals surface area contributed by atoms with E-state index in [0.717, 1.165) is 11.3 Å². The third-order valence-corrected chi connectivity index (χ3v) is 5.87. The van der Waals surface area contributed by atoms with Gasteiger partial charge in [-0.2, -0.15) is 0 Å². The Bertz CT molecular complexity index is 864. The lowest BCUT2D eigenvalue weighted by atomic mass is 9.91. The number of nitro groups is 1. The van der Waals surface area contributed by atoms with Crippen molar-refractivity contribution in [3.63, 3.8) is 0 Å². The molecule has 2 aromatic carbocycles. The minimum atomic E-state index is -0.439. The third-order valence-electron chi connectivity index (χ3n) is 4.58. The third kappa shape index (κ3) is 4.82. The maximum Gasteiger partial charge on any atom is 0.284 e. The van der Waals surface area contributed by atoms with E-state index in [2.05, 4.69) is 13.8 Å². The van der Waals surface area contributed by atoms with E-state index in [9.17, 15) is 14.9 Å². The van der Waals surface area contributed by atoms with E-state index in [1.54, 1.807) is 30.3 Å². The number of hydrogen-bond acceptors (Lipinski definition) is 4. The van der Waals surface area contributed by atoms with E-state index in [1.807, 2.05) is 11.0 Å². The number of piperidine rings is 1.